The maximum absolute atomic E-state index is 12.8. The Morgan fingerprint density at radius 2 is 1.64 bits per heavy atom. The lowest BCUT2D eigenvalue weighted by molar-refractivity contribution is -0.137. The summed E-state index contributed by atoms with van der Waals surface area (Å²) in [7, 11) is 0. The molecule has 28 heavy (non-hydrogen) atoms. The van der Waals surface area contributed by atoms with E-state index in [0.717, 1.165) is 28.8 Å². The van der Waals surface area contributed by atoms with Gasteiger partial charge < -0.3 is 5.11 Å². The van der Waals surface area contributed by atoms with E-state index in [4.69, 9.17) is 0 Å². The fourth-order valence-electron chi connectivity index (χ4n) is 2.95. The molecule has 0 amide bonds. The largest absolute Gasteiger partial charge is 0.508 e. The Bertz CT molecular complexity index is 988. The van der Waals surface area contributed by atoms with Crippen molar-refractivity contribution in [2.24, 2.45) is 0 Å². The third-order valence-electron chi connectivity index (χ3n) is 4.40. The lowest BCUT2D eigenvalue weighted by Crippen LogP contribution is -2.24. The van der Waals surface area contributed by atoms with Crippen LogP contribution in [-0.2, 0) is 25.6 Å². The summed E-state index contributed by atoms with van der Waals surface area (Å²) >= 11 is 0. The second kappa shape index (κ2) is 7.92. The topological polar surface area (TPSA) is 60.0 Å². The molecule has 0 atom stereocenters. The summed E-state index contributed by atoms with van der Waals surface area (Å²) in [5.74, 6) is 0.748. The van der Waals surface area contributed by atoms with E-state index in [2.05, 4.69) is 5.10 Å². The number of hydrogen-bond acceptors (Lipinski definition) is 3. The molecule has 0 fully saturated rings. The zero-order valence-corrected chi connectivity index (χ0v) is 15.3. The second-order valence-electron chi connectivity index (χ2n) is 6.47. The normalized spacial score (nSPS) is 11.7. The molecule has 0 unspecified atom stereocenters. The van der Waals surface area contributed by atoms with Gasteiger partial charge >= 0.3 is 11.9 Å². The highest BCUT2D eigenvalue weighted by molar-refractivity contribution is 5.34. The molecular weight excluding hydrogens is 371 g/mol. The molecule has 3 rings (SSSR count). The molecule has 1 aromatic heterocycles. The predicted octanol–water partition coefficient (Wildman–Crippen LogP) is 3.95. The van der Waals surface area contributed by atoms with Crippen molar-refractivity contribution in [2.75, 3.05) is 0 Å². The van der Waals surface area contributed by atoms with Gasteiger partial charge in [0.1, 0.15) is 11.6 Å². The molecule has 0 aliphatic rings. The third kappa shape index (κ3) is 4.27. The number of phenols is 1. The maximum Gasteiger partial charge on any atom is 0.416 e. The standard InChI is InChI=1S/C20H20F3N3O2/c1-2-13-25-18(12-5-14-3-10-17(27)11-4-14)24-26(19(25)28)16-8-6-15(7-9-16)20(21,22)23/h3-4,6-11,27H,2,5,12-13H2,1H3. The number of nitrogens with zero attached hydrogens (tertiary/aromatic N) is 3. The zero-order chi connectivity index (χ0) is 20.3. The van der Waals surface area contributed by atoms with Gasteiger partial charge in [0.05, 0.1) is 11.3 Å². The van der Waals surface area contributed by atoms with Crippen LogP contribution >= 0.6 is 0 Å². The lowest BCUT2D eigenvalue weighted by Gasteiger charge is -2.06. The van der Waals surface area contributed by atoms with Crippen LogP contribution in [0.25, 0.3) is 5.69 Å². The van der Waals surface area contributed by atoms with Crippen molar-refractivity contribution < 1.29 is 18.3 Å². The summed E-state index contributed by atoms with van der Waals surface area (Å²) in [6.07, 6.45) is -2.59. The number of halogens is 3. The van der Waals surface area contributed by atoms with E-state index in [-0.39, 0.29) is 11.4 Å². The van der Waals surface area contributed by atoms with Crippen LogP contribution in [0.4, 0.5) is 13.2 Å². The van der Waals surface area contributed by atoms with Crippen LogP contribution in [0.15, 0.2) is 53.3 Å². The summed E-state index contributed by atoms with van der Waals surface area (Å²) in [5.41, 5.74) is 0.128. The Balaban J connectivity index is 1.89. The maximum atomic E-state index is 12.8. The molecule has 2 aromatic carbocycles. The number of rotatable bonds is 6. The van der Waals surface area contributed by atoms with Crippen molar-refractivity contribution in [3.8, 4) is 11.4 Å². The average Bonchev–Trinajstić information content (AvgIpc) is 2.97. The number of benzene rings is 2. The number of hydrogen-bond donors (Lipinski definition) is 1. The van der Waals surface area contributed by atoms with E-state index in [9.17, 15) is 23.1 Å². The molecule has 0 aliphatic carbocycles. The Labute approximate surface area is 159 Å². The van der Waals surface area contributed by atoms with Gasteiger partial charge in [0.15, 0.2) is 0 Å². The van der Waals surface area contributed by atoms with Crippen molar-refractivity contribution in [1.82, 2.24) is 14.3 Å². The van der Waals surface area contributed by atoms with E-state index >= 15 is 0 Å². The van der Waals surface area contributed by atoms with E-state index in [1.165, 1.54) is 12.1 Å². The quantitative estimate of drug-likeness (QED) is 0.692. The van der Waals surface area contributed by atoms with Crippen molar-refractivity contribution in [1.29, 1.82) is 0 Å². The first-order valence-corrected chi connectivity index (χ1v) is 8.94. The van der Waals surface area contributed by atoms with E-state index in [1.54, 1.807) is 28.8 Å². The highest BCUT2D eigenvalue weighted by Crippen LogP contribution is 2.29. The van der Waals surface area contributed by atoms with Crippen LogP contribution in [0.5, 0.6) is 5.75 Å². The van der Waals surface area contributed by atoms with Gasteiger partial charge in [0.25, 0.3) is 0 Å². The van der Waals surface area contributed by atoms with E-state index in [1.807, 2.05) is 6.92 Å². The van der Waals surface area contributed by atoms with Crippen molar-refractivity contribution in [3.63, 3.8) is 0 Å². The fraction of sp³-hybridized carbons (Fsp3) is 0.300. The third-order valence-corrected chi connectivity index (χ3v) is 4.40. The number of alkyl halides is 3. The van der Waals surface area contributed by atoms with Gasteiger partial charge in [-0.1, -0.05) is 19.1 Å². The highest BCUT2D eigenvalue weighted by Gasteiger charge is 2.30. The first-order chi connectivity index (χ1) is 13.3. The average molecular weight is 391 g/mol. The first kappa shape index (κ1) is 19.7. The SMILES string of the molecule is CCCn1c(CCc2ccc(O)cc2)nn(-c2ccc(C(F)(F)F)cc2)c1=O. The first-order valence-electron chi connectivity index (χ1n) is 8.94. The fourth-order valence-corrected chi connectivity index (χ4v) is 2.95. The molecule has 0 spiro atoms. The van der Waals surface area contributed by atoms with Gasteiger partial charge in [-0.15, -0.1) is 5.10 Å². The minimum absolute atomic E-state index is 0.179. The number of aromatic nitrogens is 3. The van der Waals surface area contributed by atoms with Gasteiger partial charge in [0, 0.05) is 13.0 Å². The molecule has 0 saturated carbocycles. The summed E-state index contributed by atoms with van der Waals surface area (Å²) in [6.45, 7) is 2.41. The van der Waals surface area contributed by atoms with Gasteiger partial charge in [-0.05, 0) is 54.8 Å². The van der Waals surface area contributed by atoms with Crippen LogP contribution in [-0.4, -0.2) is 19.5 Å². The van der Waals surface area contributed by atoms with Gasteiger partial charge in [-0.3, -0.25) is 4.57 Å². The van der Waals surface area contributed by atoms with Crippen molar-refractivity contribution >= 4 is 0 Å². The van der Waals surface area contributed by atoms with Crippen LogP contribution < -0.4 is 5.69 Å². The Kier molecular flexibility index (Phi) is 5.58. The minimum atomic E-state index is -4.43. The summed E-state index contributed by atoms with van der Waals surface area (Å²) in [5, 5.41) is 13.7. The monoisotopic (exact) mass is 391 g/mol. The van der Waals surface area contributed by atoms with Crippen LogP contribution in [0, 0.1) is 0 Å². The van der Waals surface area contributed by atoms with Crippen molar-refractivity contribution in [2.45, 2.75) is 38.9 Å². The van der Waals surface area contributed by atoms with Crippen molar-refractivity contribution in [3.05, 3.63) is 76.0 Å². The smallest absolute Gasteiger partial charge is 0.416 e. The molecule has 1 heterocycles. The molecule has 0 aliphatic heterocycles. The minimum Gasteiger partial charge on any atom is -0.508 e. The molecular formula is C20H20F3N3O2. The Morgan fingerprint density at radius 3 is 2.21 bits per heavy atom. The summed E-state index contributed by atoms with van der Waals surface area (Å²) in [4.78, 5) is 12.7. The Morgan fingerprint density at radius 1 is 1.00 bits per heavy atom. The van der Waals surface area contributed by atoms with Crippen LogP contribution in [0.1, 0.15) is 30.3 Å². The molecule has 1 N–H and O–H groups in total. The second-order valence-corrected chi connectivity index (χ2v) is 6.47. The molecule has 3 aromatic rings. The Hall–Kier alpha value is -3.03. The number of aromatic hydroxyl groups is 1. The lowest BCUT2D eigenvalue weighted by atomic mass is 10.1. The number of aryl methyl sites for hydroxylation is 2. The van der Waals surface area contributed by atoms with Crippen LogP contribution in [0.3, 0.4) is 0 Å². The number of phenolic OH excluding ortho intramolecular Hbond substituents is 1. The molecule has 0 radical (unpaired) electrons. The summed E-state index contributed by atoms with van der Waals surface area (Å²) < 4.78 is 41.0. The van der Waals surface area contributed by atoms with E-state index < -0.39 is 11.7 Å². The highest BCUT2D eigenvalue weighted by atomic mass is 19.4. The summed E-state index contributed by atoms with van der Waals surface area (Å²) in [6, 6.07) is 11.2. The molecule has 0 bridgehead atoms. The van der Waals surface area contributed by atoms with Gasteiger partial charge in [0.2, 0.25) is 0 Å². The van der Waals surface area contributed by atoms with Gasteiger partial charge in [-0.25, -0.2) is 4.79 Å². The molecule has 5 nitrogen and oxygen atoms in total. The predicted molar refractivity (Wildman–Crippen MR) is 98.6 cm³/mol. The van der Waals surface area contributed by atoms with E-state index in [0.29, 0.717) is 30.9 Å². The molecule has 148 valence electrons. The van der Waals surface area contributed by atoms with Gasteiger partial charge in [-0.2, -0.15) is 17.9 Å². The molecule has 0 saturated heterocycles. The van der Waals surface area contributed by atoms with Crippen LogP contribution in [0.2, 0.25) is 0 Å². The molecule has 8 heteroatoms. The zero-order valence-electron chi connectivity index (χ0n) is 15.3.